The van der Waals surface area contributed by atoms with E-state index in [1.54, 1.807) is 11.3 Å². The van der Waals surface area contributed by atoms with Gasteiger partial charge in [-0.3, -0.25) is 0 Å². The lowest BCUT2D eigenvalue weighted by molar-refractivity contribution is 0.625. The lowest BCUT2D eigenvalue weighted by Gasteiger charge is -2.15. The molecule has 90 valence electrons. The average molecular weight is 244 g/mol. The van der Waals surface area contributed by atoms with E-state index in [1.165, 1.54) is 36.0 Å². The van der Waals surface area contributed by atoms with Crippen molar-refractivity contribution in [2.75, 3.05) is 0 Å². The summed E-state index contributed by atoms with van der Waals surface area (Å²) in [7, 11) is 0. The van der Waals surface area contributed by atoms with Gasteiger partial charge in [0.1, 0.15) is 0 Å². The predicted molar refractivity (Wildman–Crippen MR) is 77.7 cm³/mol. The third-order valence-corrected chi connectivity index (χ3v) is 4.00. The highest BCUT2D eigenvalue weighted by Gasteiger charge is 2.11. The molecule has 0 saturated carbocycles. The second-order valence-electron chi connectivity index (χ2n) is 4.64. The van der Waals surface area contributed by atoms with E-state index >= 15 is 0 Å². The summed E-state index contributed by atoms with van der Waals surface area (Å²) in [6.45, 7) is 4.61. The van der Waals surface area contributed by atoms with Crippen LogP contribution in [0.4, 0.5) is 0 Å². The first kappa shape index (κ1) is 12.4. The van der Waals surface area contributed by atoms with Crippen LogP contribution in [-0.4, -0.2) is 0 Å². The van der Waals surface area contributed by atoms with E-state index < -0.39 is 0 Å². The molecule has 2 rings (SSSR count). The fourth-order valence-corrected chi connectivity index (χ4v) is 2.93. The first-order chi connectivity index (χ1) is 8.33. The zero-order valence-corrected chi connectivity index (χ0v) is 11.5. The number of unbranched alkanes of at least 4 members (excludes halogenated alkanes) is 1. The SMILES string of the molecule is CCCCC(C)c1ccccc1-c1ccsc1. The molecule has 0 spiro atoms. The molecule has 1 atom stereocenters. The van der Waals surface area contributed by atoms with Gasteiger partial charge in [-0.05, 0) is 45.9 Å². The minimum absolute atomic E-state index is 0.658. The van der Waals surface area contributed by atoms with Gasteiger partial charge in [-0.25, -0.2) is 0 Å². The number of hydrogen-bond donors (Lipinski definition) is 0. The smallest absolute Gasteiger partial charge is 0.00146 e. The van der Waals surface area contributed by atoms with Crippen molar-refractivity contribution in [3.05, 3.63) is 46.7 Å². The molecular weight excluding hydrogens is 224 g/mol. The highest BCUT2D eigenvalue weighted by atomic mass is 32.1. The monoisotopic (exact) mass is 244 g/mol. The molecule has 0 radical (unpaired) electrons. The largest absolute Gasteiger partial charge is 0.152 e. The van der Waals surface area contributed by atoms with Crippen molar-refractivity contribution < 1.29 is 0 Å². The number of rotatable bonds is 5. The van der Waals surface area contributed by atoms with Gasteiger partial charge >= 0.3 is 0 Å². The van der Waals surface area contributed by atoms with Gasteiger partial charge in [0, 0.05) is 0 Å². The molecule has 2 aromatic rings. The molecule has 0 aliphatic rings. The van der Waals surface area contributed by atoms with Crippen LogP contribution in [0.3, 0.4) is 0 Å². The number of hydrogen-bond acceptors (Lipinski definition) is 1. The second kappa shape index (κ2) is 6.02. The fraction of sp³-hybridized carbons (Fsp3) is 0.375. The Morgan fingerprint density at radius 2 is 2.00 bits per heavy atom. The molecule has 1 unspecified atom stereocenters. The highest BCUT2D eigenvalue weighted by Crippen LogP contribution is 2.32. The van der Waals surface area contributed by atoms with Gasteiger partial charge in [-0.1, -0.05) is 51.0 Å². The van der Waals surface area contributed by atoms with Gasteiger partial charge in [-0.15, -0.1) is 0 Å². The first-order valence-corrected chi connectivity index (χ1v) is 7.38. The van der Waals surface area contributed by atoms with Crippen LogP contribution in [0.25, 0.3) is 11.1 Å². The molecule has 0 aliphatic carbocycles. The summed E-state index contributed by atoms with van der Waals surface area (Å²) in [6, 6.07) is 11.1. The molecule has 0 amide bonds. The third kappa shape index (κ3) is 2.98. The molecule has 0 bridgehead atoms. The van der Waals surface area contributed by atoms with Crippen LogP contribution in [0, 0.1) is 0 Å². The van der Waals surface area contributed by atoms with Gasteiger partial charge in [0.05, 0.1) is 0 Å². The van der Waals surface area contributed by atoms with Gasteiger partial charge in [0.15, 0.2) is 0 Å². The summed E-state index contributed by atoms with van der Waals surface area (Å²) >= 11 is 1.77. The maximum Gasteiger partial charge on any atom is -0.00146 e. The minimum Gasteiger partial charge on any atom is -0.152 e. The molecule has 0 aliphatic heterocycles. The molecule has 1 heterocycles. The zero-order chi connectivity index (χ0) is 12.1. The van der Waals surface area contributed by atoms with Gasteiger partial charge in [0.2, 0.25) is 0 Å². The normalized spacial score (nSPS) is 12.6. The molecule has 17 heavy (non-hydrogen) atoms. The van der Waals surface area contributed by atoms with Crippen molar-refractivity contribution in [1.29, 1.82) is 0 Å². The molecule has 1 aromatic heterocycles. The van der Waals surface area contributed by atoms with Crippen molar-refractivity contribution in [2.45, 2.75) is 39.0 Å². The maximum atomic E-state index is 2.35. The van der Waals surface area contributed by atoms with Crippen molar-refractivity contribution >= 4 is 11.3 Å². The van der Waals surface area contributed by atoms with Crippen molar-refractivity contribution in [3.8, 4) is 11.1 Å². The van der Waals surface area contributed by atoms with E-state index in [-0.39, 0.29) is 0 Å². The van der Waals surface area contributed by atoms with E-state index in [2.05, 4.69) is 54.9 Å². The molecule has 0 saturated heterocycles. The molecule has 0 fully saturated rings. The zero-order valence-electron chi connectivity index (χ0n) is 10.6. The summed E-state index contributed by atoms with van der Waals surface area (Å²) in [5, 5.41) is 4.40. The van der Waals surface area contributed by atoms with E-state index in [1.807, 2.05) is 0 Å². The van der Waals surface area contributed by atoms with E-state index in [4.69, 9.17) is 0 Å². The van der Waals surface area contributed by atoms with Crippen LogP contribution >= 0.6 is 11.3 Å². The summed E-state index contributed by atoms with van der Waals surface area (Å²) in [5.74, 6) is 0.658. The third-order valence-electron chi connectivity index (χ3n) is 3.31. The van der Waals surface area contributed by atoms with Crippen molar-refractivity contribution in [1.82, 2.24) is 0 Å². The summed E-state index contributed by atoms with van der Waals surface area (Å²) in [5.41, 5.74) is 4.28. The molecule has 1 aromatic carbocycles. The van der Waals surface area contributed by atoms with E-state index in [0.717, 1.165) is 0 Å². The van der Waals surface area contributed by atoms with Crippen LogP contribution < -0.4 is 0 Å². The first-order valence-electron chi connectivity index (χ1n) is 6.44. The van der Waals surface area contributed by atoms with Gasteiger partial charge in [0.25, 0.3) is 0 Å². The number of benzene rings is 1. The van der Waals surface area contributed by atoms with Crippen LogP contribution in [0.1, 0.15) is 44.6 Å². The molecule has 1 heteroatoms. The van der Waals surface area contributed by atoms with E-state index in [9.17, 15) is 0 Å². The van der Waals surface area contributed by atoms with Crippen LogP contribution in [0.2, 0.25) is 0 Å². The lowest BCUT2D eigenvalue weighted by atomic mass is 9.89. The Balaban J connectivity index is 2.28. The maximum absolute atomic E-state index is 2.35. The standard InChI is InChI=1S/C16H20S/c1-3-4-7-13(2)15-8-5-6-9-16(15)14-10-11-17-12-14/h5-6,8-13H,3-4,7H2,1-2H3. The summed E-state index contributed by atoms with van der Waals surface area (Å²) in [6.07, 6.45) is 3.89. The lowest BCUT2D eigenvalue weighted by Crippen LogP contribution is -1.96. The van der Waals surface area contributed by atoms with E-state index in [0.29, 0.717) is 5.92 Å². The minimum atomic E-state index is 0.658. The predicted octanol–water partition coefficient (Wildman–Crippen LogP) is 5.71. The van der Waals surface area contributed by atoms with Gasteiger partial charge in [-0.2, -0.15) is 11.3 Å². The topological polar surface area (TPSA) is 0 Å². The Labute approximate surface area is 108 Å². The molecular formula is C16H20S. The van der Waals surface area contributed by atoms with Crippen molar-refractivity contribution in [2.24, 2.45) is 0 Å². The Bertz CT molecular complexity index is 442. The Morgan fingerprint density at radius 3 is 2.71 bits per heavy atom. The fourth-order valence-electron chi connectivity index (χ4n) is 2.27. The Hall–Kier alpha value is -1.08. The van der Waals surface area contributed by atoms with Crippen LogP contribution in [0.5, 0.6) is 0 Å². The summed E-state index contributed by atoms with van der Waals surface area (Å²) < 4.78 is 0. The number of thiophene rings is 1. The highest BCUT2D eigenvalue weighted by molar-refractivity contribution is 7.08. The quantitative estimate of drug-likeness (QED) is 0.632. The Morgan fingerprint density at radius 1 is 1.18 bits per heavy atom. The molecule has 0 nitrogen and oxygen atoms in total. The van der Waals surface area contributed by atoms with Gasteiger partial charge < -0.3 is 0 Å². The van der Waals surface area contributed by atoms with Crippen LogP contribution in [0.15, 0.2) is 41.1 Å². The summed E-state index contributed by atoms with van der Waals surface area (Å²) in [4.78, 5) is 0. The van der Waals surface area contributed by atoms with Crippen LogP contribution in [-0.2, 0) is 0 Å². The Kier molecular flexibility index (Phi) is 4.38. The molecule has 0 N–H and O–H groups in total. The second-order valence-corrected chi connectivity index (χ2v) is 5.42. The average Bonchev–Trinajstić information content (AvgIpc) is 2.89. The van der Waals surface area contributed by atoms with Crippen molar-refractivity contribution in [3.63, 3.8) is 0 Å².